The first-order valence-corrected chi connectivity index (χ1v) is 15.0. The number of piperazine rings is 1. The fourth-order valence-electron chi connectivity index (χ4n) is 7.49. The fraction of sp³-hybridized carbons (Fsp3) is 0.424. The number of aromatic nitrogens is 3. The quantitative estimate of drug-likeness (QED) is 0.252. The van der Waals surface area contributed by atoms with E-state index in [2.05, 4.69) is 26.1 Å². The Hall–Kier alpha value is -4.07. The molecule has 1 saturated carbocycles. The van der Waals surface area contributed by atoms with Gasteiger partial charge in [-0.2, -0.15) is 9.97 Å². The van der Waals surface area contributed by atoms with Crippen LogP contribution in [-0.4, -0.2) is 59.4 Å². The van der Waals surface area contributed by atoms with E-state index in [-0.39, 0.29) is 28.2 Å². The van der Waals surface area contributed by atoms with Crippen LogP contribution in [0, 0.1) is 29.4 Å². The number of pyridine rings is 1. The summed E-state index contributed by atoms with van der Waals surface area (Å²) in [6.45, 7) is 2.55. The SMILES string of the molecule is C#Cc1c(F)ccc2cc(N)cc(-c3ncc4c(N5C[C@H]6CC[C@@H](C5)N6)nc(OCC56CCC(CC5)OC6)nc4c3F)c12. The minimum absolute atomic E-state index is 0.0134. The second-order valence-electron chi connectivity index (χ2n) is 12.6. The molecule has 1 aliphatic carbocycles. The van der Waals surface area contributed by atoms with Gasteiger partial charge in [-0.05, 0) is 62.1 Å². The predicted molar refractivity (Wildman–Crippen MR) is 161 cm³/mol. The summed E-state index contributed by atoms with van der Waals surface area (Å²) >= 11 is 0. The molecule has 0 spiro atoms. The van der Waals surface area contributed by atoms with Gasteiger partial charge >= 0.3 is 6.01 Å². The molecule has 0 amide bonds. The van der Waals surface area contributed by atoms with E-state index in [1.165, 1.54) is 6.07 Å². The van der Waals surface area contributed by atoms with Crippen molar-refractivity contribution < 1.29 is 18.3 Å². The summed E-state index contributed by atoms with van der Waals surface area (Å²) in [5, 5.41) is 5.10. The third kappa shape index (κ3) is 4.45. The molecule has 2 atom stereocenters. The second-order valence-corrected chi connectivity index (χ2v) is 12.6. The van der Waals surface area contributed by atoms with Crippen molar-refractivity contribution in [1.82, 2.24) is 20.3 Å². The van der Waals surface area contributed by atoms with Crippen LogP contribution in [0.4, 0.5) is 20.3 Å². The van der Waals surface area contributed by atoms with Crippen molar-refractivity contribution >= 4 is 33.2 Å². The standard InChI is InChI=1S/C33H32F2N6O2/c1-2-23-26(34)6-3-18-11-19(36)12-24(27(18)23)29-28(35)30-25(13-37-29)31(41-14-20-4-5-21(15-41)38-20)40-32(39-30)43-17-33-9-7-22(8-10-33)42-16-33/h1,3,6,11-13,20-22,38H,4-5,7-10,14-17,36H2/t20-,21+,22?,33?. The highest BCUT2D eigenvalue weighted by Crippen LogP contribution is 2.44. The summed E-state index contributed by atoms with van der Waals surface area (Å²) in [5.74, 6) is 1.79. The van der Waals surface area contributed by atoms with Crippen LogP contribution in [0.2, 0.25) is 0 Å². The number of nitrogens with two attached hydrogens (primary N) is 1. The van der Waals surface area contributed by atoms with Gasteiger partial charge in [0, 0.05) is 53.4 Å². The zero-order chi connectivity index (χ0) is 29.3. The molecule has 9 rings (SSSR count). The molecule has 10 heteroatoms. The average molecular weight is 583 g/mol. The molecule has 2 aromatic heterocycles. The van der Waals surface area contributed by atoms with E-state index in [4.69, 9.17) is 26.6 Å². The van der Waals surface area contributed by atoms with Gasteiger partial charge in [0.1, 0.15) is 22.8 Å². The van der Waals surface area contributed by atoms with E-state index in [1.807, 2.05) is 0 Å². The maximum Gasteiger partial charge on any atom is 0.319 e. The highest BCUT2D eigenvalue weighted by atomic mass is 19.1. The molecule has 5 aliphatic rings. The molecular weight excluding hydrogens is 550 g/mol. The largest absolute Gasteiger partial charge is 0.463 e. The smallest absolute Gasteiger partial charge is 0.319 e. The number of hydrogen-bond donors (Lipinski definition) is 2. The zero-order valence-corrected chi connectivity index (χ0v) is 23.7. The number of anilines is 2. The van der Waals surface area contributed by atoms with Crippen LogP contribution in [0.1, 0.15) is 44.1 Å². The van der Waals surface area contributed by atoms with Crippen molar-refractivity contribution in [3.8, 4) is 29.6 Å². The highest BCUT2D eigenvalue weighted by Gasteiger charge is 2.42. The van der Waals surface area contributed by atoms with Crippen LogP contribution < -0.4 is 20.7 Å². The Morgan fingerprint density at radius 1 is 1.12 bits per heavy atom. The molecule has 4 saturated heterocycles. The minimum atomic E-state index is -0.664. The number of ether oxygens (including phenoxy) is 2. The predicted octanol–water partition coefficient (Wildman–Crippen LogP) is 4.97. The van der Waals surface area contributed by atoms with Crippen molar-refractivity contribution in [2.24, 2.45) is 5.41 Å². The molecule has 6 heterocycles. The van der Waals surface area contributed by atoms with Crippen molar-refractivity contribution in [3.05, 3.63) is 47.7 Å². The summed E-state index contributed by atoms with van der Waals surface area (Å²) in [6, 6.07) is 6.94. The Morgan fingerprint density at radius 2 is 1.91 bits per heavy atom. The first-order valence-electron chi connectivity index (χ1n) is 15.0. The molecule has 0 radical (unpaired) electrons. The number of terminal acetylenes is 1. The summed E-state index contributed by atoms with van der Waals surface area (Å²) in [5.41, 5.74) is 6.91. The average Bonchev–Trinajstić information content (AvgIpc) is 3.37. The molecule has 2 aromatic carbocycles. The third-order valence-corrected chi connectivity index (χ3v) is 9.77. The van der Waals surface area contributed by atoms with Crippen molar-refractivity contribution in [2.75, 3.05) is 36.9 Å². The lowest BCUT2D eigenvalue weighted by atomic mass is 9.72. The molecule has 3 N–H and O–H groups in total. The highest BCUT2D eigenvalue weighted by molar-refractivity contribution is 6.03. The Morgan fingerprint density at radius 3 is 2.63 bits per heavy atom. The number of fused-ring (bicyclic) bond motifs is 7. The molecule has 0 unspecified atom stereocenters. The van der Waals surface area contributed by atoms with Crippen LogP contribution in [0.3, 0.4) is 0 Å². The number of nitrogens with one attached hydrogen (secondary N) is 1. The summed E-state index contributed by atoms with van der Waals surface area (Å²) in [6.07, 6.45) is 13.9. The van der Waals surface area contributed by atoms with Gasteiger partial charge in [0.25, 0.3) is 0 Å². The number of hydrogen-bond acceptors (Lipinski definition) is 8. The van der Waals surface area contributed by atoms with Gasteiger partial charge in [-0.3, -0.25) is 4.98 Å². The van der Waals surface area contributed by atoms with Crippen molar-refractivity contribution in [2.45, 2.75) is 56.7 Å². The van der Waals surface area contributed by atoms with E-state index in [9.17, 15) is 4.39 Å². The molecule has 4 aromatic rings. The van der Waals surface area contributed by atoms with Gasteiger partial charge in [0.05, 0.1) is 30.3 Å². The lowest BCUT2D eigenvalue weighted by Crippen LogP contribution is -2.51. The van der Waals surface area contributed by atoms with Crippen molar-refractivity contribution in [3.63, 3.8) is 0 Å². The molecule has 5 fully saturated rings. The number of nitrogen functional groups attached to an aromatic ring is 1. The first kappa shape index (κ1) is 26.5. The lowest BCUT2D eigenvalue weighted by Gasteiger charge is -2.45. The molecule has 4 aliphatic heterocycles. The van der Waals surface area contributed by atoms with Gasteiger partial charge in [0.15, 0.2) is 5.82 Å². The van der Waals surface area contributed by atoms with Gasteiger partial charge < -0.3 is 25.4 Å². The summed E-state index contributed by atoms with van der Waals surface area (Å²) in [4.78, 5) is 16.2. The maximum atomic E-state index is 16.7. The third-order valence-electron chi connectivity index (χ3n) is 9.77. The zero-order valence-electron chi connectivity index (χ0n) is 23.7. The van der Waals surface area contributed by atoms with Crippen LogP contribution >= 0.6 is 0 Å². The summed E-state index contributed by atoms with van der Waals surface area (Å²) < 4.78 is 43.8. The van der Waals surface area contributed by atoms with Crippen LogP contribution in [0.15, 0.2) is 30.5 Å². The van der Waals surface area contributed by atoms with E-state index in [1.54, 1.807) is 24.4 Å². The number of nitrogens with zero attached hydrogens (tertiary/aromatic N) is 4. The van der Waals surface area contributed by atoms with Gasteiger partial charge in [0.2, 0.25) is 0 Å². The fourth-order valence-corrected chi connectivity index (χ4v) is 7.49. The van der Waals surface area contributed by atoms with E-state index in [0.29, 0.717) is 64.6 Å². The maximum absolute atomic E-state index is 16.7. The van der Waals surface area contributed by atoms with Crippen LogP contribution in [0.5, 0.6) is 6.01 Å². The number of halogens is 2. The Labute approximate surface area is 248 Å². The minimum Gasteiger partial charge on any atom is -0.463 e. The Kier molecular flexibility index (Phi) is 6.17. The molecule has 220 valence electrons. The molecule has 8 nitrogen and oxygen atoms in total. The number of rotatable bonds is 5. The van der Waals surface area contributed by atoms with E-state index in [0.717, 1.165) is 51.6 Å². The van der Waals surface area contributed by atoms with E-state index >= 15 is 4.39 Å². The van der Waals surface area contributed by atoms with Gasteiger partial charge in [-0.25, -0.2) is 8.78 Å². The Bertz CT molecular complexity index is 1790. The van der Waals surface area contributed by atoms with Crippen LogP contribution in [0.25, 0.3) is 32.9 Å². The first-order chi connectivity index (χ1) is 20.9. The monoisotopic (exact) mass is 582 g/mol. The molecular formula is C33H32F2N6O2. The van der Waals surface area contributed by atoms with Gasteiger partial charge in [-0.15, -0.1) is 6.42 Å². The second kappa shape index (κ2) is 10.00. The van der Waals surface area contributed by atoms with Gasteiger partial charge in [-0.1, -0.05) is 12.0 Å². The molecule has 43 heavy (non-hydrogen) atoms. The lowest BCUT2D eigenvalue weighted by molar-refractivity contribution is -0.128. The van der Waals surface area contributed by atoms with Crippen LogP contribution in [-0.2, 0) is 4.74 Å². The summed E-state index contributed by atoms with van der Waals surface area (Å²) in [7, 11) is 0. The topological polar surface area (TPSA) is 98.4 Å². The molecule has 4 bridgehead atoms. The normalized spacial score (nSPS) is 26.3. The van der Waals surface area contributed by atoms with Crippen molar-refractivity contribution in [1.29, 1.82) is 0 Å². The number of benzene rings is 2. The Balaban J connectivity index is 1.27. The van der Waals surface area contributed by atoms with E-state index < -0.39 is 11.6 Å².